The topological polar surface area (TPSA) is 23.5 Å². The first-order valence-corrected chi connectivity index (χ1v) is 8.14. The summed E-state index contributed by atoms with van der Waals surface area (Å²) in [6, 6.07) is 0. The molecule has 0 saturated heterocycles. The lowest BCUT2D eigenvalue weighted by Gasteiger charge is -2.41. The van der Waals surface area contributed by atoms with Crippen LogP contribution in [0.2, 0.25) is 0 Å². The second-order valence-corrected chi connectivity index (χ2v) is 8.40. The van der Waals surface area contributed by atoms with Gasteiger partial charge in [-0.05, 0) is 61.8 Å². The van der Waals surface area contributed by atoms with Crippen molar-refractivity contribution in [2.24, 2.45) is 29.1 Å². The molecule has 5 unspecified atom stereocenters. The molecule has 0 amide bonds. The van der Waals surface area contributed by atoms with E-state index in [-0.39, 0.29) is 6.10 Å². The Hall–Kier alpha value is -0.0800. The van der Waals surface area contributed by atoms with Crippen LogP contribution in [0.15, 0.2) is 0 Å². The maximum atomic E-state index is 10.3. The van der Waals surface area contributed by atoms with Crippen molar-refractivity contribution in [2.75, 3.05) is 20.1 Å². The third-order valence-electron chi connectivity index (χ3n) is 5.54. The summed E-state index contributed by atoms with van der Waals surface area (Å²) in [4.78, 5) is 2.47. The molecule has 2 saturated carbocycles. The molecule has 0 aromatic carbocycles. The van der Waals surface area contributed by atoms with Crippen LogP contribution in [-0.4, -0.2) is 36.2 Å². The van der Waals surface area contributed by atoms with Gasteiger partial charge in [0.2, 0.25) is 0 Å². The Morgan fingerprint density at radius 1 is 1.05 bits per heavy atom. The number of nitrogens with zero attached hydrogens (tertiary/aromatic N) is 1. The lowest BCUT2D eigenvalue weighted by Crippen LogP contribution is -2.40. The highest BCUT2D eigenvalue weighted by Crippen LogP contribution is 2.41. The molecule has 0 bridgehead atoms. The number of hydrogen-bond acceptors (Lipinski definition) is 2. The van der Waals surface area contributed by atoms with E-state index in [4.69, 9.17) is 0 Å². The lowest BCUT2D eigenvalue weighted by molar-refractivity contribution is 0.00592. The molecular weight excluding hydrogens is 234 g/mol. The normalized spacial score (nSPS) is 39.6. The Morgan fingerprint density at radius 3 is 2.16 bits per heavy atom. The zero-order valence-electron chi connectivity index (χ0n) is 13.5. The Bertz CT molecular complexity index is 296. The standard InChI is InChI=1S/C17H33NO/c1-12-8-13(12)10-18(5)11-14-9-15(17(2,3)4)6-7-16(14)19/h12-16,19H,6-11H2,1-5H3. The van der Waals surface area contributed by atoms with Crippen molar-refractivity contribution in [3.8, 4) is 0 Å². The van der Waals surface area contributed by atoms with Gasteiger partial charge in [-0.25, -0.2) is 0 Å². The Labute approximate surface area is 119 Å². The predicted molar refractivity (Wildman–Crippen MR) is 81.1 cm³/mol. The lowest BCUT2D eigenvalue weighted by atomic mass is 9.68. The van der Waals surface area contributed by atoms with Gasteiger partial charge in [-0.2, -0.15) is 0 Å². The zero-order valence-corrected chi connectivity index (χ0v) is 13.5. The van der Waals surface area contributed by atoms with Crippen LogP contribution in [0.25, 0.3) is 0 Å². The number of rotatable bonds is 4. The van der Waals surface area contributed by atoms with E-state index in [1.54, 1.807) is 0 Å². The van der Waals surface area contributed by atoms with Crippen molar-refractivity contribution >= 4 is 0 Å². The second-order valence-electron chi connectivity index (χ2n) is 8.40. The Balaban J connectivity index is 1.83. The minimum Gasteiger partial charge on any atom is -0.393 e. The van der Waals surface area contributed by atoms with Crippen LogP contribution >= 0.6 is 0 Å². The van der Waals surface area contributed by atoms with E-state index in [9.17, 15) is 5.11 Å². The van der Waals surface area contributed by atoms with Gasteiger partial charge >= 0.3 is 0 Å². The summed E-state index contributed by atoms with van der Waals surface area (Å²) in [5.41, 5.74) is 0.391. The zero-order chi connectivity index (χ0) is 14.2. The van der Waals surface area contributed by atoms with Crippen LogP contribution < -0.4 is 0 Å². The highest BCUT2D eigenvalue weighted by molar-refractivity contribution is 4.88. The molecule has 0 aromatic rings. The molecule has 2 rings (SSSR count). The maximum absolute atomic E-state index is 10.3. The minimum atomic E-state index is -0.0716. The number of hydrogen-bond donors (Lipinski definition) is 1. The van der Waals surface area contributed by atoms with Crippen LogP contribution in [0, 0.1) is 29.1 Å². The largest absolute Gasteiger partial charge is 0.393 e. The van der Waals surface area contributed by atoms with E-state index in [0.29, 0.717) is 11.3 Å². The molecular formula is C17H33NO. The summed E-state index contributed by atoms with van der Waals surface area (Å²) < 4.78 is 0. The first kappa shape index (κ1) is 15.3. The van der Waals surface area contributed by atoms with E-state index in [1.165, 1.54) is 25.8 Å². The quantitative estimate of drug-likeness (QED) is 0.844. The predicted octanol–water partition coefficient (Wildman–Crippen LogP) is 3.40. The van der Waals surface area contributed by atoms with Gasteiger partial charge < -0.3 is 10.0 Å². The molecule has 5 atom stereocenters. The van der Waals surface area contributed by atoms with E-state index in [0.717, 1.165) is 30.7 Å². The molecule has 112 valence electrons. The fraction of sp³-hybridized carbons (Fsp3) is 1.00. The summed E-state index contributed by atoms with van der Waals surface area (Å²) in [7, 11) is 2.23. The minimum absolute atomic E-state index is 0.0716. The summed E-state index contributed by atoms with van der Waals surface area (Å²) in [6.45, 7) is 11.7. The third-order valence-corrected chi connectivity index (χ3v) is 5.54. The van der Waals surface area contributed by atoms with Crippen molar-refractivity contribution in [1.29, 1.82) is 0 Å². The van der Waals surface area contributed by atoms with Crippen LogP contribution in [0.4, 0.5) is 0 Å². The van der Waals surface area contributed by atoms with Gasteiger partial charge in [-0.3, -0.25) is 0 Å². The third kappa shape index (κ3) is 4.19. The Morgan fingerprint density at radius 2 is 1.63 bits per heavy atom. The van der Waals surface area contributed by atoms with Gasteiger partial charge in [0.15, 0.2) is 0 Å². The van der Waals surface area contributed by atoms with Crippen molar-refractivity contribution in [3.05, 3.63) is 0 Å². The van der Waals surface area contributed by atoms with Crippen molar-refractivity contribution in [3.63, 3.8) is 0 Å². The van der Waals surface area contributed by atoms with Gasteiger partial charge in [0.25, 0.3) is 0 Å². The molecule has 2 aliphatic rings. The molecule has 2 nitrogen and oxygen atoms in total. The molecule has 2 fully saturated rings. The van der Waals surface area contributed by atoms with Gasteiger partial charge in [0.1, 0.15) is 0 Å². The van der Waals surface area contributed by atoms with Crippen molar-refractivity contribution < 1.29 is 5.11 Å². The van der Waals surface area contributed by atoms with E-state index in [2.05, 4.69) is 39.6 Å². The van der Waals surface area contributed by atoms with Gasteiger partial charge in [0, 0.05) is 13.1 Å². The van der Waals surface area contributed by atoms with Crippen LogP contribution in [0.5, 0.6) is 0 Å². The molecule has 2 heteroatoms. The molecule has 2 aliphatic carbocycles. The fourth-order valence-corrected chi connectivity index (χ4v) is 3.76. The smallest absolute Gasteiger partial charge is 0.0580 e. The van der Waals surface area contributed by atoms with Gasteiger partial charge in [-0.1, -0.05) is 27.7 Å². The molecule has 19 heavy (non-hydrogen) atoms. The van der Waals surface area contributed by atoms with Crippen LogP contribution in [0.3, 0.4) is 0 Å². The van der Waals surface area contributed by atoms with Crippen LogP contribution in [0.1, 0.15) is 53.4 Å². The average Bonchev–Trinajstić information content (AvgIpc) is 2.95. The SMILES string of the molecule is CC1CC1CN(C)CC1CC(C(C)(C)C)CCC1O. The molecule has 0 aromatic heterocycles. The fourth-order valence-electron chi connectivity index (χ4n) is 3.76. The Kier molecular flexibility index (Phi) is 4.62. The van der Waals surface area contributed by atoms with E-state index in [1.807, 2.05) is 0 Å². The molecule has 0 aliphatic heterocycles. The maximum Gasteiger partial charge on any atom is 0.0580 e. The summed E-state index contributed by atoms with van der Waals surface area (Å²) >= 11 is 0. The van der Waals surface area contributed by atoms with Gasteiger partial charge in [-0.15, -0.1) is 0 Å². The van der Waals surface area contributed by atoms with E-state index < -0.39 is 0 Å². The van der Waals surface area contributed by atoms with E-state index >= 15 is 0 Å². The number of aliphatic hydroxyl groups is 1. The van der Waals surface area contributed by atoms with Crippen molar-refractivity contribution in [2.45, 2.75) is 59.5 Å². The molecule has 0 heterocycles. The number of aliphatic hydroxyl groups excluding tert-OH is 1. The van der Waals surface area contributed by atoms with Gasteiger partial charge in [0.05, 0.1) is 6.10 Å². The summed E-state index contributed by atoms with van der Waals surface area (Å²) in [5.74, 6) is 3.11. The summed E-state index contributed by atoms with van der Waals surface area (Å²) in [5, 5.41) is 10.3. The highest BCUT2D eigenvalue weighted by atomic mass is 16.3. The first-order valence-electron chi connectivity index (χ1n) is 8.14. The van der Waals surface area contributed by atoms with Crippen molar-refractivity contribution in [1.82, 2.24) is 4.90 Å². The molecule has 0 spiro atoms. The monoisotopic (exact) mass is 267 g/mol. The first-order chi connectivity index (χ1) is 8.77. The molecule has 0 radical (unpaired) electrons. The summed E-state index contributed by atoms with van der Waals surface area (Å²) in [6.07, 6.45) is 4.74. The van der Waals surface area contributed by atoms with Crippen LogP contribution in [-0.2, 0) is 0 Å². The average molecular weight is 267 g/mol. The second kappa shape index (κ2) is 5.73. The highest BCUT2D eigenvalue weighted by Gasteiger charge is 2.37. The molecule has 1 N–H and O–H groups in total.